The average Bonchev–Trinajstić information content (AvgIpc) is 2.98. The van der Waals surface area contributed by atoms with Crippen LogP contribution in [0.4, 0.5) is 5.82 Å². The molecule has 1 aliphatic heterocycles. The first-order chi connectivity index (χ1) is 14.2. The smallest absolute Gasteiger partial charge is 0.147 e. The van der Waals surface area contributed by atoms with Gasteiger partial charge in [0.05, 0.1) is 23.7 Å². The molecule has 0 amide bonds. The van der Waals surface area contributed by atoms with Gasteiger partial charge in [-0.05, 0) is 43.7 Å². The van der Waals surface area contributed by atoms with Crippen LogP contribution in [0, 0.1) is 6.92 Å². The molecule has 0 aliphatic carbocycles. The summed E-state index contributed by atoms with van der Waals surface area (Å²) in [6.45, 7) is 5.82. The Balaban J connectivity index is 1.87. The lowest BCUT2D eigenvalue weighted by atomic mass is 9.96. The molecule has 1 aliphatic rings. The maximum atomic E-state index is 10.3. The second kappa shape index (κ2) is 8.75. The van der Waals surface area contributed by atoms with E-state index in [-0.39, 0.29) is 6.10 Å². The predicted octanol–water partition coefficient (Wildman–Crippen LogP) is 5.03. The van der Waals surface area contributed by atoms with Crippen LogP contribution < -0.4 is 4.90 Å². The van der Waals surface area contributed by atoms with E-state index in [0.29, 0.717) is 6.54 Å². The topological polar surface area (TPSA) is 49.2 Å². The zero-order valence-corrected chi connectivity index (χ0v) is 17.3. The Labute approximate surface area is 173 Å². The molecule has 1 unspecified atom stereocenters. The van der Waals surface area contributed by atoms with Crippen molar-refractivity contribution in [1.82, 2.24) is 9.97 Å². The van der Waals surface area contributed by atoms with Crippen LogP contribution in [0.15, 0.2) is 54.7 Å². The van der Waals surface area contributed by atoms with Gasteiger partial charge in [0.2, 0.25) is 0 Å². The fourth-order valence-electron chi connectivity index (χ4n) is 4.14. The molecule has 1 atom stereocenters. The summed E-state index contributed by atoms with van der Waals surface area (Å²) in [7, 11) is 0. The van der Waals surface area contributed by atoms with E-state index in [2.05, 4.69) is 67.3 Å². The van der Waals surface area contributed by atoms with Gasteiger partial charge in [-0.3, -0.25) is 4.98 Å². The Morgan fingerprint density at radius 2 is 1.76 bits per heavy atom. The first kappa shape index (κ1) is 19.6. The molecule has 0 bridgehead atoms. The zero-order valence-electron chi connectivity index (χ0n) is 17.3. The van der Waals surface area contributed by atoms with Gasteiger partial charge < -0.3 is 10.0 Å². The molecular weight excluding hydrogens is 358 g/mol. The van der Waals surface area contributed by atoms with Gasteiger partial charge in [0.1, 0.15) is 5.82 Å². The van der Waals surface area contributed by atoms with Crippen molar-refractivity contribution in [2.24, 2.45) is 0 Å². The van der Waals surface area contributed by atoms with Crippen LogP contribution in [0.5, 0.6) is 0 Å². The van der Waals surface area contributed by atoms with E-state index in [0.717, 1.165) is 60.6 Å². The number of anilines is 1. The van der Waals surface area contributed by atoms with Gasteiger partial charge in [-0.15, -0.1) is 0 Å². The number of nitrogens with zero attached hydrogens (tertiary/aromatic N) is 3. The lowest BCUT2D eigenvalue weighted by Gasteiger charge is -2.24. The van der Waals surface area contributed by atoms with Crippen molar-refractivity contribution in [3.8, 4) is 22.5 Å². The number of aromatic nitrogens is 2. The number of hydrogen-bond acceptors (Lipinski definition) is 4. The highest BCUT2D eigenvalue weighted by atomic mass is 16.3. The quantitative estimate of drug-likeness (QED) is 0.682. The molecule has 0 spiro atoms. The van der Waals surface area contributed by atoms with Gasteiger partial charge in [-0.2, -0.15) is 0 Å². The fourth-order valence-corrected chi connectivity index (χ4v) is 4.14. The molecule has 1 N–H and O–H groups in total. The summed E-state index contributed by atoms with van der Waals surface area (Å²) in [4.78, 5) is 12.2. The van der Waals surface area contributed by atoms with Crippen LogP contribution in [0.3, 0.4) is 0 Å². The summed E-state index contributed by atoms with van der Waals surface area (Å²) in [5, 5.41) is 10.3. The van der Waals surface area contributed by atoms with Gasteiger partial charge >= 0.3 is 0 Å². The molecule has 1 fully saturated rings. The lowest BCUT2D eigenvalue weighted by molar-refractivity contribution is 0.174. The van der Waals surface area contributed by atoms with Crippen LogP contribution in [-0.4, -0.2) is 34.3 Å². The van der Waals surface area contributed by atoms with Gasteiger partial charge in [0.15, 0.2) is 0 Å². The molecule has 2 aromatic carbocycles. The van der Waals surface area contributed by atoms with E-state index in [4.69, 9.17) is 9.97 Å². The molecular formula is C25H29N3O. The van der Waals surface area contributed by atoms with Gasteiger partial charge in [-0.25, -0.2) is 4.98 Å². The number of aliphatic hydroxyl groups is 1. The molecule has 1 aromatic heterocycles. The molecule has 4 heteroatoms. The molecule has 150 valence electrons. The number of rotatable bonds is 4. The largest absolute Gasteiger partial charge is 0.391 e. The monoisotopic (exact) mass is 387 g/mol. The normalized spacial score (nSPS) is 17.2. The second-order valence-electron chi connectivity index (χ2n) is 7.85. The summed E-state index contributed by atoms with van der Waals surface area (Å²) in [5.74, 6) is 0.849. The summed E-state index contributed by atoms with van der Waals surface area (Å²) in [5.41, 5.74) is 6.55. The molecule has 4 nitrogen and oxygen atoms in total. The predicted molar refractivity (Wildman–Crippen MR) is 119 cm³/mol. The van der Waals surface area contributed by atoms with E-state index < -0.39 is 0 Å². The number of benzene rings is 2. The number of aliphatic hydroxyl groups excluding tert-OH is 1. The van der Waals surface area contributed by atoms with E-state index in [1.54, 1.807) is 0 Å². The van der Waals surface area contributed by atoms with Crippen molar-refractivity contribution in [3.63, 3.8) is 0 Å². The Hall–Kier alpha value is -2.72. The van der Waals surface area contributed by atoms with E-state index in [1.165, 1.54) is 11.1 Å². The Bertz CT molecular complexity index is 985. The Morgan fingerprint density at radius 1 is 1.00 bits per heavy atom. The maximum Gasteiger partial charge on any atom is 0.147 e. The minimum Gasteiger partial charge on any atom is -0.391 e. The van der Waals surface area contributed by atoms with Crippen molar-refractivity contribution >= 4 is 5.82 Å². The highest BCUT2D eigenvalue weighted by molar-refractivity contribution is 5.81. The van der Waals surface area contributed by atoms with Crippen molar-refractivity contribution in [2.45, 2.75) is 45.6 Å². The molecule has 29 heavy (non-hydrogen) atoms. The van der Waals surface area contributed by atoms with Crippen LogP contribution >= 0.6 is 0 Å². The van der Waals surface area contributed by atoms with Crippen molar-refractivity contribution < 1.29 is 5.11 Å². The number of hydrogen-bond donors (Lipinski definition) is 1. The van der Waals surface area contributed by atoms with Crippen LogP contribution in [0.2, 0.25) is 0 Å². The third-order valence-corrected chi connectivity index (χ3v) is 5.78. The lowest BCUT2D eigenvalue weighted by Crippen LogP contribution is -2.31. The van der Waals surface area contributed by atoms with Crippen molar-refractivity contribution in [2.75, 3.05) is 18.0 Å². The number of aryl methyl sites for hydroxylation is 2. The van der Waals surface area contributed by atoms with Crippen molar-refractivity contribution in [3.05, 3.63) is 65.9 Å². The number of β-amino-alcohol motifs (C(OH)–C–C–N with tert-alkyl or cyclic N) is 1. The van der Waals surface area contributed by atoms with Gasteiger partial charge in [0.25, 0.3) is 0 Å². The fraction of sp³-hybridized carbons (Fsp3) is 0.360. The molecule has 4 rings (SSSR count). The van der Waals surface area contributed by atoms with Crippen molar-refractivity contribution in [1.29, 1.82) is 0 Å². The highest BCUT2D eigenvalue weighted by Gasteiger charge is 2.21. The molecule has 0 saturated carbocycles. The highest BCUT2D eigenvalue weighted by Crippen LogP contribution is 2.34. The van der Waals surface area contributed by atoms with Gasteiger partial charge in [-0.1, -0.05) is 55.5 Å². The third kappa shape index (κ3) is 4.18. The SMILES string of the molecule is CCc1ccccc1-c1ncc(N2CCCCC(O)C2)nc1-c1ccccc1C. The summed E-state index contributed by atoms with van der Waals surface area (Å²) >= 11 is 0. The average molecular weight is 388 g/mol. The Kier molecular flexibility index (Phi) is 5.91. The molecule has 2 heterocycles. The Morgan fingerprint density at radius 3 is 2.55 bits per heavy atom. The van der Waals surface area contributed by atoms with E-state index in [1.807, 2.05) is 6.20 Å². The summed E-state index contributed by atoms with van der Waals surface area (Å²) < 4.78 is 0. The van der Waals surface area contributed by atoms with Crippen LogP contribution in [0.25, 0.3) is 22.5 Å². The summed E-state index contributed by atoms with van der Waals surface area (Å²) in [6, 6.07) is 16.8. The molecule has 1 saturated heterocycles. The first-order valence-corrected chi connectivity index (χ1v) is 10.6. The first-order valence-electron chi connectivity index (χ1n) is 10.6. The van der Waals surface area contributed by atoms with Crippen LogP contribution in [-0.2, 0) is 6.42 Å². The van der Waals surface area contributed by atoms with E-state index in [9.17, 15) is 5.11 Å². The summed E-state index contributed by atoms with van der Waals surface area (Å²) in [6.07, 6.45) is 5.50. The molecule has 3 aromatic rings. The minimum atomic E-state index is -0.304. The molecule has 0 radical (unpaired) electrons. The standard InChI is InChI=1S/C25H29N3O/c1-3-19-11-5-7-14-22(19)24-25(21-13-6-4-10-18(21)2)27-23(16-26-24)28-15-9-8-12-20(29)17-28/h4-7,10-11,13-14,16,20,29H,3,8-9,12,15,17H2,1-2H3. The second-order valence-corrected chi connectivity index (χ2v) is 7.85. The van der Waals surface area contributed by atoms with E-state index >= 15 is 0 Å². The third-order valence-electron chi connectivity index (χ3n) is 5.78. The zero-order chi connectivity index (χ0) is 20.2. The maximum absolute atomic E-state index is 10.3. The van der Waals surface area contributed by atoms with Gasteiger partial charge in [0, 0.05) is 24.2 Å². The minimum absolute atomic E-state index is 0.304. The van der Waals surface area contributed by atoms with Crippen LogP contribution in [0.1, 0.15) is 37.3 Å².